The summed E-state index contributed by atoms with van der Waals surface area (Å²) in [5.41, 5.74) is 1.12. The first-order valence-corrected chi connectivity index (χ1v) is 5.04. The largest absolute Gasteiger partial charge is 0.299 e. The summed E-state index contributed by atoms with van der Waals surface area (Å²) >= 11 is 0. The van der Waals surface area contributed by atoms with Gasteiger partial charge in [0.25, 0.3) is 0 Å². The van der Waals surface area contributed by atoms with Crippen LogP contribution in [0, 0.1) is 17.8 Å². The first kappa shape index (κ1) is 8.74. The van der Waals surface area contributed by atoms with E-state index >= 15 is 0 Å². The van der Waals surface area contributed by atoms with Crippen LogP contribution in [0.3, 0.4) is 0 Å². The summed E-state index contributed by atoms with van der Waals surface area (Å²) in [6.07, 6.45) is 7.14. The Labute approximate surface area is 79.5 Å². The molecule has 1 saturated carbocycles. The Morgan fingerprint density at radius 3 is 2.85 bits per heavy atom. The molecule has 0 unspecified atom stereocenters. The van der Waals surface area contributed by atoms with Crippen molar-refractivity contribution in [2.75, 3.05) is 0 Å². The minimum Gasteiger partial charge on any atom is -0.299 e. The molecule has 2 rings (SSSR count). The summed E-state index contributed by atoms with van der Waals surface area (Å²) in [5.74, 6) is 2.13. The molecule has 1 fully saturated rings. The van der Waals surface area contributed by atoms with Gasteiger partial charge in [-0.3, -0.25) is 4.79 Å². The highest BCUT2D eigenvalue weighted by atomic mass is 16.1. The molecule has 0 aliphatic heterocycles. The van der Waals surface area contributed by atoms with Crippen LogP contribution >= 0.6 is 0 Å². The van der Waals surface area contributed by atoms with Gasteiger partial charge in [0.1, 0.15) is 5.78 Å². The quantitative estimate of drug-likeness (QED) is 0.602. The third-order valence-corrected chi connectivity index (χ3v) is 3.17. The lowest BCUT2D eigenvalue weighted by Crippen LogP contribution is -2.04. The SMILES string of the molecule is C=C(C)CCC(=O)[C@@H]1[C@H]2C=CC[C@H]21. The minimum absolute atomic E-state index is 0.379. The first-order chi connectivity index (χ1) is 6.20. The smallest absolute Gasteiger partial charge is 0.137 e. The van der Waals surface area contributed by atoms with E-state index < -0.39 is 0 Å². The van der Waals surface area contributed by atoms with Crippen molar-refractivity contribution < 1.29 is 4.79 Å². The monoisotopic (exact) mass is 176 g/mol. The van der Waals surface area contributed by atoms with Gasteiger partial charge in [-0.05, 0) is 31.6 Å². The van der Waals surface area contributed by atoms with Gasteiger partial charge >= 0.3 is 0 Å². The van der Waals surface area contributed by atoms with Crippen molar-refractivity contribution >= 4 is 5.78 Å². The second kappa shape index (κ2) is 3.13. The maximum atomic E-state index is 11.6. The fourth-order valence-corrected chi connectivity index (χ4v) is 2.32. The Morgan fingerprint density at radius 2 is 2.31 bits per heavy atom. The van der Waals surface area contributed by atoms with Crippen molar-refractivity contribution in [1.29, 1.82) is 0 Å². The highest BCUT2D eigenvalue weighted by molar-refractivity contribution is 5.85. The van der Waals surface area contributed by atoms with E-state index in [1.807, 2.05) is 6.92 Å². The van der Waals surface area contributed by atoms with E-state index in [0.29, 0.717) is 30.0 Å². The molecule has 70 valence electrons. The predicted molar refractivity (Wildman–Crippen MR) is 53.3 cm³/mol. The summed E-state index contributed by atoms with van der Waals surface area (Å²) in [6, 6.07) is 0. The molecule has 0 radical (unpaired) electrons. The molecular formula is C12H16O. The van der Waals surface area contributed by atoms with E-state index in [2.05, 4.69) is 18.7 Å². The number of allylic oxidation sites excluding steroid dienone is 3. The topological polar surface area (TPSA) is 17.1 Å². The van der Waals surface area contributed by atoms with Gasteiger partial charge in [0, 0.05) is 12.3 Å². The summed E-state index contributed by atoms with van der Waals surface area (Å²) in [5, 5.41) is 0. The number of fused-ring (bicyclic) bond motifs is 1. The number of hydrogen-bond donors (Lipinski definition) is 0. The van der Waals surface area contributed by atoms with Crippen molar-refractivity contribution in [2.45, 2.75) is 26.2 Å². The number of carbonyl (C=O) groups is 1. The molecule has 0 saturated heterocycles. The van der Waals surface area contributed by atoms with Crippen LogP contribution < -0.4 is 0 Å². The van der Waals surface area contributed by atoms with Crippen LogP contribution in [0.15, 0.2) is 24.3 Å². The van der Waals surface area contributed by atoms with Gasteiger partial charge < -0.3 is 0 Å². The van der Waals surface area contributed by atoms with Crippen LogP contribution in [0.25, 0.3) is 0 Å². The van der Waals surface area contributed by atoms with Crippen LogP contribution in [0.5, 0.6) is 0 Å². The average Bonchev–Trinajstić information content (AvgIpc) is 2.56. The molecule has 0 amide bonds. The Bertz CT molecular complexity index is 275. The molecule has 0 bridgehead atoms. The van der Waals surface area contributed by atoms with Crippen molar-refractivity contribution in [1.82, 2.24) is 0 Å². The summed E-state index contributed by atoms with van der Waals surface area (Å²) in [6.45, 7) is 5.80. The maximum Gasteiger partial charge on any atom is 0.137 e. The van der Waals surface area contributed by atoms with Gasteiger partial charge in [0.05, 0.1) is 0 Å². The molecule has 0 aromatic carbocycles. The number of hydrogen-bond acceptors (Lipinski definition) is 1. The number of carbonyl (C=O) groups excluding carboxylic acids is 1. The van der Waals surface area contributed by atoms with E-state index in [1.165, 1.54) is 0 Å². The lowest BCUT2D eigenvalue weighted by atomic mass is 10.0. The van der Waals surface area contributed by atoms with Gasteiger partial charge in [-0.2, -0.15) is 0 Å². The van der Waals surface area contributed by atoms with Crippen molar-refractivity contribution in [2.24, 2.45) is 17.8 Å². The van der Waals surface area contributed by atoms with E-state index in [-0.39, 0.29) is 0 Å². The highest BCUT2D eigenvalue weighted by Crippen LogP contribution is 2.54. The molecule has 0 N–H and O–H groups in total. The van der Waals surface area contributed by atoms with Crippen LogP contribution in [0.2, 0.25) is 0 Å². The fourth-order valence-electron chi connectivity index (χ4n) is 2.32. The number of rotatable bonds is 4. The van der Waals surface area contributed by atoms with E-state index in [9.17, 15) is 4.79 Å². The predicted octanol–water partition coefficient (Wildman–Crippen LogP) is 2.73. The van der Waals surface area contributed by atoms with Crippen LogP contribution in [0.1, 0.15) is 26.2 Å². The van der Waals surface area contributed by atoms with E-state index in [0.717, 1.165) is 18.4 Å². The molecule has 0 aromatic rings. The zero-order valence-corrected chi connectivity index (χ0v) is 8.12. The van der Waals surface area contributed by atoms with Gasteiger partial charge in [0.15, 0.2) is 0 Å². The van der Waals surface area contributed by atoms with Crippen molar-refractivity contribution in [3.05, 3.63) is 24.3 Å². The Morgan fingerprint density at radius 1 is 1.54 bits per heavy atom. The average molecular weight is 176 g/mol. The molecule has 0 aromatic heterocycles. The van der Waals surface area contributed by atoms with Gasteiger partial charge in [-0.15, -0.1) is 6.58 Å². The molecule has 2 aliphatic carbocycles. The van der Waals surface area contributed by atoms with Crippen LogP contribution in [-0.4, -0.2) is 5.78 Å². The normalized spacial score (nSPS) is 34.4. The minimum atomic E-state index is 0.379. The number of ketones is 1. The summed E-state index contributed by atoms with van der Waals surface area (Å²) in [4.78, 5) is 11.6. The molecule has 0 spiro atoms. The lowest BCUT2D eigenvalue weighted by Gasteiger charge is -2.00. The second-order valence-corrected chi connectivity index (χ2v) is 4.35. The first-order valence-electron chi connectivity index (χ1n) is 5.04. The highest BCUT2D eigenvalue weighted by Gasteiger charge is 2.53. The Hall–Kier alpha value is -0.850. The zero-order chi connectivity index (χ0) is 9.42. The Kier molecular flexibility index (Phi) is 2.10. The molecule has 1 heteroatoms. The van der Waals surface area contributed by atoms with Gasteiger partial charge in [-0.1, -0.05) is 17.7 Å². The summed E-state index contributed by atoms with van der Waals surface area (Å²) in [7, 11) is 0. The molecule has 3 atom stereocenters. The molecular weight excluding hydrogens is 160 g/mol. The van der Waals surface area contributed by atoms with Crippen molar-refractivity contribution in [3.63, 3.8) is 0 Å². The van der Waals surface area contributed by atoms with Gasteiger partial charge in [-0.25, -0.2) is 0 Å². The van der Waals surface area contributed by atoms with E-state index in [4.69, 9.17) is 0 Å². The van der Waals surface area contributed by atoms with Gasteiger partial charge in [0.2, 0.25) is 0 Å². The second-order valence-electron chi connectivity index (χ2n) is 4.35. The maximum absolute atomic E-state index is 11.6. The lowest BCUT2D eigenvalue weighted by molar-refractivity contribution is -0.120. The standard InChI is InChI=1S/C12H16O/c1-8(2)6-7-11(13)12-9-4-3-5-10(9)12/h3-4,9-10,12H,1,5-7H2,2H3/t9-,10+,12+/m0/s1. The van der Waals surface area contributed by atoms with Crippen LogP contribution in [-0.2, 0) is 4.79 Å². The van der Waals surface area contributed by atoms with Crippen LogP contribution in [0.4, 0.5) is 0 Å². The summed E-state index contributed by atoms with van der Waals surface area (Å²) < 4.78 is 0. The molecule has 1 nitrogen and oxygen atoms in total. The van der Waals surface area contributed by atoms with Crippen molar-refractivity contribution in [3.8, 4) is 0 Å². The molecule has 0 heterocycles. The third-order valence-electron chi connectivity index (χ3n) is 3.17. The zero-order valence-electron chi connectivity index (χ0n) is 8.12. The molecule has 13 heavy (non-hydrogen) atoms. The Balaban J connectivity index is 1.80. The molecule has 2 aliphatic rings. The fraction of sp³-hybridized carbons (Fsp3) is 0.583. The number of Topliss-reactive ketones (excluding diaryl/α,β-unsaturated/α-hetero) is 1. The van der Waals surface area contributed by atoms with E-state index in [1.54, 1.807) is 0 Å². The third kappa shape index (κ3) is 1.60.